The van der Waals surface area contributed by atoms with Crippen molar-refractivity contribution in [3.63, 3.8) is 0 Å². The number of carbonyl (C=O) groups is 1. The van der Waals surface area contributed by atoms with Gasteiger partial charge in [-0.15, -0.1) is 6.58 Å². The van der Waals surface area contributed by atoms with Gasteiger partial charge in [0.25, 0.3) is 5.91 Å². The van der Waals surface area contributed by atoms with Crippen LogP contribution in [0.4, 0.5) is 5.69 Å². The molecule has 0 saturated carbocycles. The Morgan fingerprint density at radius 3 is 2.44 bits per heavy atom. The number of hydrogen-bond donors (Lipinski definition) is 0. The average molecular weight is 454 g/mol. The van der Waals surface area contributed by atoms with E-state index in [1.54, 1.807) is 30.3 Å². The summed E-state index contributed by atoms with van der Waals surface area (Å²) in [6.07, 6.45) is 4.31. The van der Waals surface area contributed by atoms with Gasteiger partial charge in [0.05, 0.1) is 12.7 Å². The summed E-state index contributed by atoms with van der Waals surface area (Å²) in [6.45, 7) is 10.5. The van der Waals surface area contributed by atoms with Crippen molar-refractivity contribution in [3.05, 3.63) is 77.3 Å². The molecular weight excluding hydrogens is 422 g/mol. The highest BCUT2D eigenvalue weighted by atomic mass is 35.5. The lowest BCUT2D eigenvalue weighted by Crippen LogP contribution is -2.49. The van der Waals surface area contributed by atoms with Crippen LogP contribution >= 0.6 is 11.6 Å². The van der Waals surface area contributed by atoms with Crippen LogP contribution in [0.2, 0.25) is 5.02 Å². The van der Waals surface area contributed by atoms with Gasteiger partial charge >= 0.3 is 0 Å². The third-order valence-corrected chi connectivity index (χ3v) is 6.56. The SMILES string of the molecule is C=CCOC(CN1CCN(C(=O)c2ccc(Cl)cc2)CC1)c1cccc(N2CCCC2)c1. The maximum Gasteiger partial charge on any atom is 0.253 e. The van der Waals surface area contributed by atoms with Crippen LogP contribution in [0, 0.1) is 0 Å². The van der Waals surface area contributed by atoms with Gasteiger partial charge in [0.1, 0.15) is 0 Å². The molecule has 170 valence electrons. The molecule has 32 heavy (non-hydrogen) atoms. The number of nitrogens with zero attached hydrogens (tertiary/aromatic N) is 3. The molecule has 2 aliphatic rings. The van der Waals surface area contributed by atoms with E-state index in [9.17, 15) is 4.79 Å². The maximum atomic E-state index is 12.8. The first-order chi connectivity index (χ1) is 15.6. The van der Waals surface area contributed by atoms with Crippen molar-refractivity contribution >= 4 is 23.2 Å². The van der Waals surface area contributed by atoms with Crippen molar-refractivity contribution in [2.75, 3.05) is 57.3 Å². The van der Waals surface area contributed by atoms with E-state index in [1.165, 1.54) is 24.1 Å². The normalized spacial score (nSPS) is 18.0. The number of benzene rings is 2. The van der Waals surface area contributed by atoms with E-state index in [1.807, 2.05) is 4.90 Å². The molecule has 2 aromatic rings. The second kappa shape index (κ2) is 11.0. The molecule has 0 aliphatic carbocycles. The molecule has 0 aromatic heterocycles. The van der Waals surface area contributed by atoms with Gasteiger partial charge in [0, 0.05) is 62.1 Å². The van der Waals surface area contributed by atoms with Crippen molar-refractivity contribution in [2.45, 2.75) is 18.9 Å². The topological polar surface area (TPSA) is 36.0 Å². The van der Waals surface area contributed by atoms with Crippen LogP contribution < -0.4 is 4.90 Å². The maximum absolute atomic E-state index is 12.8. The standard InChI is InChI=1S/C26H32ClN3O2/c1-2-18-32-25(22-6-5-7-24(19-22)29-12-3-4-13-29)20-28-14-16-30(17-15-28)26(31)21-8-10-23(27)11-9-21/h2,5-11,19,25H,1,3-4,12-18,20H2. The molecule has 1 amide bonds. The molecule has 4 rings (SSSR count). The predicted octanol–water partition coefficient (Wildman–Crippen LogP) is 4.64. The number of amides is 1. The van der Waals surface area contributed by atoms with E-state index < -0.39 is 0 Å². The predicted molar refractivity (Wildman–Crippen MR) is 131 cm³/mol. The van der Waals surface area contributed by atoms with Gasteiger partial charge in [-0.25, -0.2) is 0 Å². The molecule has 2 heterocycles. The smallest absolute Gasteiger partial charge is 0.253 e. The van der Waals surface area contributed by atoms with Crippen molar-refractivity contribution in [1.29, 1.82) is 0 Å². The fourth-order valence-electron chi connectivity index (χ4n) is 4.48. The highest BCUT2D eigenvalue weighted by molar-refractivity contribution is 6.30. The Morgan fingerprint density at radius 2 is 1.75 bits per heavy atom. The number of rotatable bonds is 8. The molecule has 0 N–H and O–H groups in total. The Labute approximate surface area is 196 Å². The number of anilines is 1. The van der Waals surface area contributed by atoms with E-state index >= 15 is 0 Å². The summed E-state index contributed by atoms with van der Waals surface area (Å²) in [5, 5.41) is 0.644. The van der Waals surface area contributed by atoms with E-state index in [4.69, 9.17) is 16.3 Å². The highest BCUT2D eigenvalue weighted by Crippen LogP contribution is 2.27. The number of hydrogen-bond acceptors (Lipinski definition) is 4. The summed E-state index contributed by atoms with van der Waals surface area (Å²) in [4.78, 5) is 19.6. The van der Waals surface area contributed by atoms with Gasteiger partial charge in [0.2, 0.25) is 0 Å². The van der Waals surface area contributed by atoms with Crippen molar-refractivity contribution in [2.24, 2.45) is 0 Å². The Bertz CT molecular complexity index is 904. The van der Waals surface area contributed by atoms with Gasteiger partial charge < -0.3 is 14.5 Å². The number of carbonyl (C=O) groups excluding carboxylic acids is 1. The van der Waals surface area contributed by atoms with Gasteiger partial charge in [-0.1, -0.05) is 29.8 Å². The van der Waals surface area contributed by atoms with Crippen LogP contribution in [0.5, 0.6) is 0 Å². The zero-order chi connectivity index (χ0) is 22.3. The molecule has 0 spiro atoms. The van der Waals surface area contributed by atoms with Crippen molar-refractivity contribution in [3.8, 4) is 0 Å². The first-order valence-corrected chi connectivity index (χ1v) is 11.9. The minimum absolute atomic E-state index is 0.0194. The summed E-state index contributed by atoms with van der Waals surface area (Å²) in [5.41, 5.74) is 3.18. The number of piperazine rings is 1. The lowest BCUT2D eigenvalue weighted by molar-refractivity contribution is 0.0245. The van der Waals surface area contributed by atoms with E-state index in [-0.39, 0.29) is 12.0 Å². The molecule has 2 saturated heterocycles. The third kappa shape index (κ3) is 5.71. The lowest BCUT2D eigenvalue weighted by Gasteiger charge is -2.36. The zero-order valence-corrected chi connectivity index (χ0v) is 19.3. The number of ether oxygens (including phenoxy) is 1. The van der Waals surface area contributed by atoms with E-state index in [2.05, 4.69) is 40.6 Å². The quantitative estimate of drug-likeness (QED) is 0.545. The minimum Gasteiger partial charge on any atom is -0.372 e. The minimum atomic E-state index is -0.0194. The fraction of sp³-hybridized carbons (Fsp3) is 0.423. The van der Waals surface area contributed by atoms with Gasteiger partial charge in [-0.05, 0) is 54.8 Å². The second-order valence-corrected chi connectivity index (χ2v) is 8.94. The lowest BCUT2D eigenvalue weighted by atomic mass is 10.1. The molecule has 2 fully saturated rings. The van der Waals surface area contributed by atoms with E-state index in [0.29, 0.717) is 30.3 Å². The van der Waals surface area contributed by atoms with Crippen LogP contribution in [-0.4, -0.2) is 68.1 Å². The molecule has 2 aliphatic heterocycles. The molecule has 6 heteroatoms. The summed E-state index contributed by atoms with van der Waals surface area (Å²) in [5.74, 6) is 0.0686. The largest absolute Gasteiger partial charge is 0.372 e. The Hall–Kier alpha value is -2.34. The highest BCUT2D eigenvalue weighted by Gasteiger charge is 2.25. The van der Waals surface area contributed by atoms with Crippen LogP contribution in [0.1, 0.15) is 34.9 Å². The van der Waals surface area contributed by atoms with Crippen LogP contribution in [0.15, 0.2) is 61.2 Å². The van der Waals surface area contributed by atoms with Crippen molar-refractivity contribution in [1.82, 2.24) is 9.80 Å². The summed E-state index contributed by atoms with van der Waals surface area (Å²) >= 11 is 5.95. The van der Waals surface area contributed by atoms with Gasteiger partial charge in [-0.3, -0.25) is 9.69 Å². The fourth-order valence-corrected chi connectivity index (χ4v) is 4.60. The molecule has 0 bridgehead atoms. The Morgan fingerprint density at radius 1 is 1.03 bits per heavy atom. The summed E-state index contributed by atoms with van der Waals surface area (Å²) in [7, 11) is 0. The van der Waals surface area contributed by atoms with Crippen LogP contribution in [-0.2, 0) is 4.74 Å². The molecule has 2 aromatic carbocycles. The van der Waals surface area contributed by atoms with Crippen LogP contribution in [0.3, 0.4) is 0 Å². The van der Waals surface area contributed by atoms with Crippen LogP contribution in [0.25, 0.3) is 0 Å². The summed E-state index contributed by atoms with van der Waals surface area (Å²) in [6, 6.07) is 15.9. The molecule has 1 atom stereocenters. The monoisotopic (exact) mass is 453 g/mol. The number of halogens is 1. The van der Waals surface area contributed by atoms with E-state index in [0.717, 1.165) is 32.7 Å². The first kappa shape index (κ1) is 22.8. The Kier molecular flexibility index (Phi) is 7.85. The molecule has 0 radical (unpaired) electrons. The zero-order valence-electron chi connectivity index (χ0n) is 18.6. The Balaban J connectivity index is 1.37. The average Bonchev–Trinajstić information content (AvgIpc) is 3.37. The molecule has 1 unspecified atom stereocenters. The van der Waals surface area contributed by atoms with Gasteiger partial charge in [0.15, 0.2) is 0 Å². The molecular formula is C26H32ClN3O2. The summed E-state index contributed by atoms with van der Waals surface area (Å²) < 4.78 is 6.18. The third-order valence-electron chi connectivity index (χ3n) is 6.30. The first-order valence-electron chi connectivity index (χ1n) is 11.5. The molecule has 5 nitrogen and oxygen atoms in total. The second-order valence-electron chi connectivity index (χ2n) is 8.50. The van der Waals surface area contributed by atoms with Gasteiger partial charge in [-0.2, -0.15) is 0 Å². The van der Waals surface area contributed by atoms with Crippen molar-refractivity contribution < 1.29 is 9.53 Å².